The van der Waals surface area contributed by atoms with Crippen LogP contribution >= 0.6 is 35.3 Å². The first kappa shape index (κ1) is 21.9. The summed E-state index contributed by atoms with van der Waals surface area (Å²) in [6, 6.07) is 23.1. The van der Waals surface area contributed by atoms with Crippen LogP contribution < -0.4 is 10.5 Å². The van der Waals surface area contributed by atoms with Gasteiger partial charge in [0.15, 0.2) is 8.29 Å². The van der Waals surface area contributed by atoms with E-state index in [2.05, 4.69) is 17.2 Å². The highest BCUT2D eigenvalue weighted by atomic mass is 32.2. The lowest BCUT2D eigenvalue weighted by Crippen LogP contribution is -2.12. The highest BCUT2D eigenvalue weighted by molar-refractivity contribution is 8.00. The minimum Gasteiger partial charge on any atom is -0.423 e. The Labute approximate surface area is 197 Å². The maximum atomic E-state index is 12.5. The third-order valence-electron chi connectivity index (χ3n) is 4.41. The van der Waals surface area contributed by atoms with Gasteiger partial charge in [0, 0.05) is 11.3 Å². The zero-order chi connectivity index (χ0) is 22.5. The van der Waals surface area contributed by atoms with Crippen molar-refractivity contribution < 1.29 is 14.3 Å². The second-order valence-electron chi connectivity index (χ2n) is 6.65. The Morgan fingerprint density at radius 3 is 2.47 bits per heavy atom. The van der Waals surface area contributed by atoms with Gasteiger partial charge >= 0.3 is 5.97 Å². The molecule has 0 saturated heterocycles. The highest BCUT2D eigenvalue weighted by Gasteiger charge is 2.12. The number of carbonyl (C=O) groups excluding carboxylic acids is 2. The Balaban J connectivity index is 1.45. The molecule has 0 aliphatic rings. The number of primary amides is 1. The number of hydrogen-bond acceptors (Lipinski definition) is 7. The fourth-order valence-corrected chi connectivity index (χ4v) is 5.14. The summed E-state index contributed by atoms with van der Waals surface area (Å²) in [6.07, 6.45) is 0. The first-order chi connectivity index (χ1) is 15.5. The van der Waals surface area contributed by atoms with Crippen molar-refractivity contribution in [1.29, 1.82) is 0 Å². The van der Waals surface area contributed by atoms with Gasteiger partial charge in [-0.1, -0.05) is 59.5 Å². The van der Waals surface area contributed by atoms with Crippen LogP contribution in [0, 0.1) is 3.95 Å². The molecule has 0 saturated carbocycles. The van der Waals surface area contributed by atoms with E-state index >= 15 is 0 Å². The maximum Gasteiger partial charge on any atom is 0.343 e. The van der Waals surface area contributed by atoms with Crippen molar-refractivity contribution in [2.45, 2.75) is 10.1 Å². The Morgan fingerprint density at radius 1 is 1.00 bits per heavy atom. The van der Waals surface area contributed by atoms with Crippen LogP contribution in [0.2, 0.25) is 0 Å². The lowest BCUT2D eigenvalue weighted by molar-refractivity contribution is 0.0733. The molecule has 0 unspecified atom stereocenters. The number of hydrogen-bond donors (Lipinski definition) is 1. The minimum atomic E-state index is -0.589. The molecule has 160 valence electrons. The van der Waals surface area contributed by atoms with Crippen molar-refractivity contribution in [1.82, 2.24) is 9.78 Å². The Hall–Kier alpha value is -3.27. The van der Waals surface area contributed by atoms with Gasteiger partial charge in [-0.25, -0.2) is 9.48 Å². The molecule has 0 bridgehead atoms. The van der Waals surface area contributed by atoms with Gasteiger partial charge in [0.2, 0.25) is 5.91 Å². The van der Waals surface area contributed by atoms with Gasteiger partial charge in [0.25, 0.3) is 0 Å². The fraction of sp³-hybridized carbons (Fsp3) is 0.0435. The molecule has 0 radical (unpaired) electrons. The number of benzene rings is 3. The molecule has 0 aliphatic carbocycles. The molecule has 0 aliphatic heterocycles. The fourth-order valence-electron chi connectivity index (χ4n) is 2.82. The Morgan fingerprint density at radius 2 is 1.75 bits per heavy atom. The quantitative estimate of drug-likeness (QED) is 0.168. The van der Waals surface area contributed by atoms with Gasteiger partial charge < -0.3 is 10.5 Å². The lowest BCUT2D eigenvalue weighted by Gasteiger charge is -2.06. The molecule has 32 heavy (non-hydrogen) atoms. The van der Waals surface area contributed by atoms with Crippen LogP contribution in [0.3, 0.4) is 0 Å². The number of nitrogens with two attached hydrogens (primary N) is 1. The SMILES string of the molecule is NC(=O)c1cccc(OC(=O)c2ccc(-n3nc(SCc4ccccc4)sc3=S)cc2)c1. The van der Waals surface area contributed by atoms with Crippen LogP contribution in [0.4, 0.5) is 0 Å². The van der Waals surface area contributed by atoms with Gasteiger partial charge in [0.05, 0.1) is 11.3 Å². The van der Waals surface area contributed by atoms with E-state index < -0.39 is 11.9 Å². The Kier molecular flexibility index (Phi) is 6.79. The highest BCUT2D eigenvalue weighted by Crippen LogP contribution is 2.27. The van der Waals surface area contributed by atoms with Crippen molar-refractivity contribution in [3.63, 3.8) is 0 Å². The van der Waals surface area contributed by atoms with Crippen molar-refractivity contribution >= 4 is 47.2 Å². The minimum absolute atomic E-state index is 0.247. The lowest BCUT2D eigenvalue weighted by atomic mass is 10.2. The van der Waals surface area contributed by atoms with Crippen LogP contribution in [0.1, 0.15) is 26.3 Å². The molecular weight excluding hydrogens is 462 g/mol. The molecule has 2 N–H and O–H groups in total. The number of carbonyl (C=O) groups is 2. The summed E-state index contributed by atoms with van der Waals surface area (Å²) in [4.78, 5) is 23.7. The number of esters is 1. The average molecular weight is 480 g/mol. The molecule has 6 nitrogen and oxygen atoms in total. The number of amides is 1. The number of rotatable bonds is 7. The van der Waals surface area contributed by atoms with E-state index in [0.717, 1.165) is 15.8 Å². The van der Waals surface area contributed by atoms with Crippen LogP contribution in [-0.4, -0.2) is 21.7 Å². The molecule has 1 amide bonds. The van der Waals surface area contributed by atoms with Crippen LogP contribution in [0.15, 0.2) is 83.2 Å². The molecule has 9 heteroatoms. The topological polar surface area (TPSA) is 87.2 Å². The summed E-state index contributed by atoms with van der Waals surface area (Å²) >= 11 is 8.54. The van der Waals surface area contributed by atoms with E-state index in [0.29, 0.717) is 9.52 Å². The van der Waals surface area contributed by atoms with Crippen LogP contribution in [0.5, 0.6) is 5.75 Å². The molecule has 3 aromatic carbocycles. The molecule has 0 spiro atoms. The van der Waals surface area contributed by atoms with E-state index in [9.17, 15) is 9.59 Å². The van der Waals surface area contributed by atoms with E-state index in [1.165, 1.54) is 23.0 Å². The first-order valence-corrected chi connectivity index (χ1v) is 11.7. The first-order valence-electron chi connectivity index (χ1n) is 9.49. The molecule has 4 rings (SSSR count). The summed E-state index contributed by atoms with van der Waals surface area (Å²) < 4.78 is 8.52. The number of nitrogens with zero attached hydrogens (tertiary/aromatic N) is 2. The van der Waals surface area contributed by atoms with E-state index in [1.54, 1.807) is 58.9 Å². The predicted molar refractivity (Wildman–Crippen MR) is 128 cm³/mol. The average Bonchev–Trinajstić information content (AvgIpc) is 3.19. The number of ether oxygens (including phenoxy) is 1. The van der Waals surface area contributed by atoms with Crippen molar-refractivity contribution in [3.8, 4) is 11.4 Å². The second kappa shape index (κ2) is 9.90. The Bertz CT molecular complexity index is 1320. The van der Waals surface area contributed by atoms with Crippen LogP contribution in [0.25, 0.3) is 5.69 Å². The summed E-state index contributed by atoms with van der Waals surface area (Å²) in [5.41, 5.74) is 7.86. The van der Waals surface area contributed by atoms with Gasteiger partial charge in [-0.3, -0.25) is 4.79 Å². The molecule has 1 aromatic heterocycles. The molecule has 1 heterocycles. The van der Waals surface area contributed by atoms with Gasteiger partial charge in [-0.15, -0.1) is 5.10 Å². The zero-order valence-electron chi connectivity index (χ0n) is 16.6. The summed E-state index contributed by atoms with van der Waals surface area (Å²) in [6.45, 7) is 0. The van der Waals surface area contributed by atoms with E-state index in [-0.39, 0.29) is 11.3 Å². The monoisotopic (exact) mass is 479 g/mol. The predicted octanol–water partition coefficient (Wildman–Crippen LogP) is 5.27. The summed E-state index contributed by atoms with van der Waals surface area (Å²) in [5.74, 6) is -0.0740. The zero-order valence-corrected chi connectivity index (χ0v) is 19.1. The number of aromatic nitrogens is 2. The normalized spacial score (nSPS) is 10.6. The van der Waals surface area contributed by atoms with Gasteiger partial charge in [-0.2, -0.15) is 0 Å². The third-order valence-corrected chi connectivity index (χ3v) is 6.85. The van der Waals surface area contributed by atoms with E-state index in [4.69, 9.17) is 22.7 Å². The summed E-state index contributed by atoms with van der Waals surface area (Å²) in [7, 11) is 0. The number of thioether (sulfide) groups is 1. The summed E-state index contributed by atoms with van der Waals surface area (Å²) in [5, 5.41) is 4.60. The van der Waals surface area contributed by atoms with Gasteiger partial charge in [0.1, 0.15) is 5.75 Å². The van der Waals surface area contributed by atoms with Crippen molar-refractivity contribution in [2.75, 3.05) is 0 Å². The van der Waals surface area contributed by atoms with E-state index in [1.807, 2.05) is 18.2 Å². The van der Waals surface area contributed by atoms with Crippen molar-refractivity contribution in [3.05, 3.63) is 99.5 Å². The smallest absolute Gasteiger partial charge is 0.343 e. The molecular formula is C23H17N3O3S3. The molecule has 0 fully saturated rings. The molecule has 4 aromatic rings. The standard InChI is InChI=1S/C23H17N3O3S3/c24-20(27)17-7-4-8-19(13-17)29-21(28)16-9-11-18(12-10-16)26-23(30)32-22(25-26)31-14-15-5-2-1-3-6-15/h1-13H,14H2,(H2,24,27). The molecule has 0 atom stereocenters. The van der Waals surface area contributed by atoms with Gasteiger partial charge in [-0.05, 0) is 60.2 Å². The largest absolute Gasteiger partial charge is 0.423 e. The van der Waals surface area contributed by atoms with Crippen molar-refractivity contribution in [2.24, 2.45) is 5.73 Å². The maximum absolute atomic E-state index is 12.5. The van der Waals surface area contributed by atoms with Crippen LogP contribution in [-0.2, 0) is 5.75 Å². The second-order valence-corrected chi connectivity index (χ2v) is 9.49. The third kappa shape index (κ3) is 5.31.